The van der Waals surface area contributed by atoms with Gasteiger partial charge in [-0.05, 0) is 57.6 Å². The molecule has 0 N–H and O–H groups in total. The van der Waals surface area contributed by atoms with Crippen molar-refractivity contribution in [3.05, 3.63) is 182 Å². The summed E-state index contributed by atoms with van der Waals surface area (Å²) in [5, 5.41) is 13.0. The molecule has 0 bridgehead atoms. The Balaban J connectivity index is 1.25. The topological polar surface area (TPSA) is 35.1 Å². The minimum Gasteiger partial charge on any atom is -0.308 e. The van der Waals surface area contributed by atoms with Crippen LogP contribution in [-0.2, 0) is 0 Å². The van der Waals surface area contributed by atoms with E-state index in [0.29, 0.717) is 5.95 Å². The SMILES string of the molecule is c1ccc(-c2cccc(-c3nc(-n4c5cccc6c7cccc8c9ccccc9n(c9cc%10ccccc%10c4c9c65)c78)nc4c3ccc3ccccc34)c2)cc1. The summed E-state index contributed by atoms with van der Waals surface area (Å²) in [6.45, 7) is 0. The van der Waals surface area contributed by atoms with Crippen LogP contribution in [0, 0.1) is 0 Å². The van der Waals surface area contributed by atoms with Gasteiger partial charge >= 0.3 is 0 Å². The van der Waals surface area contributed by atoms with E-state index in [0.717, 1.165) is 49.5 Å². The van der Waals surface area contributed by atoms with Crippen LogP contribution in [0.15, 0.2) is 182 Å². The second-order valence-corrected chi connectivity index (χ2v) is 14.9. The number of nitrogens with zero attached hydrogens (tertiary/aromatic N) is 4. The van der Waals surface area contributed by atoms with Crippen LogP contribution >= 0.6 is 0 Å². The van der Waals surface area contributed by atoms with Gasteiger partial charge < -0.3 is 4.40 Å². The first kappa shape index (κ1) is 29.8. The van der Waals surface area contributed by atoms with E-state index >= 15 is 0 Å². The van der Waals surface area contributed by atoms with Crippen LogP contribution in [0.2, 0.25) is 0 Å². The average molecular weight is 711 g/mol. The predicted molar refractivity (Wildman–Crippen MR) is 234 cm³/mol. The maximum absolute atomic E-state index is 5.63. The molecule has 0 saturated heterocycles. The van der Waals surface area contributed by atoms with E-state index < -0.39 is 0 Å². The van der Waals surface area contributed by atoms with Gasteiger partial charge in [-0.25, -0.2) is 9.97 Å². The van der Waals surface area contributed by atoms with Gasteiger partial charge in [0.05, 0.1) is 38.8 Å². The van der Waals surface area contributed by atoms with Gasteiger partial charge in [-0.15, -0.1) is 0 Å². The van der Waals surface area contributed by atoms with Crippen molar-refractivity contribution in [1.82, 2.24) is 18.9 Å². The van der Waals surface area contributed by atoms with Crippen molar-refractivity contribution in [3.8, 4) is 28.3 Å². The van der Waals surface area contributed by atoms with Gasteiger partial charge in [-0.3, -0.25) is 4.57 Å². The highest BCUT2D eigenvalue weighted by Gasteiger charge is 2.25. The number of benzene rings is 9. The molecule has 4 heterocycles. The Labute approximate surface area is 320 Å². The highest BCUT2D eigenvalue weighted by molar-refractivity contribution is 6.34. The molecular weight excluding hydrogens is 681 g/mol. The number of para-hydroxylation sites is 2. The fraction of sp³-hybridized carbons (Fsp3) is 0. The fourth-order valence-electron chi connectivity index (χ4n) is 9.65. The lowest BCUT2D eigenvalue weighted by molar-refractivity contribution is 1.02. The number of rotatable bonds is 3. The monoisotopic (exact) mass is 710 g/mol. The molecule has 0 fully saturated rings. The van der Waals surface area contributed by atoms with Crippen LogP contribution < -0.4 is 0 Å². The van der Waals surface area contributed by atoms with Crippen molar-refractivity contribution in [2.75, 3.05) is 0 Å². The summed E-state index contributed by atoms with van der Waals surface area (Å²) in [6.07, 6.45) is 0. The Kier molecular flexibility index (Phi) is 5.86. The molecular formula is C52H30N4. The molecule has 4 nitrogen and oxygen atoms in total. The van der Waals surface area contributed by atoms with E-state index in [1.807, 2.05) is 0 Å². The van der Waals surface area contributed by atoms with Gasteiger partial charge in [0.2, 0.25) is 5.95 Å². The Hall–Kier alpha value is -7.56. The molecule has 0 unspecified atom stereocenters. The molecule has 4 heteroatoms. The zero-order valence-corrected chi connectivity index (χ0v) is 30.1. The summed E-state index contributed by atoms with van der Waals surface area (Å²) in [6, 6.07) is 65.8. The van der Waals surface area contributed by atoms with E-state index in [1.165, 1.54) is 65.2 Å². The summed E-state index contributed by atoms with van der Waals surface area (Å²) >= 11 is 0. The second-order valence-electron chi connectivity index (χ2n) is 14.9. The van der Waals surface area contributed by atoms with E-state index in [-0.39, 0.29) is 0 Å². The molecule has 0 aliphatic carbocycles. The molecule has 9 aromatic carbocycles. The molecule has 0 amide bonds. The minimum atomic E-state index is 0.657. The molecule has 0 atom stereocenters. The van der Waals surface area contributed by atoms with Crippen LogP contribution in [-0.4, -0.2) is 18.9 Å². The van der Waals surface area contributed by atoms with Crippen molar-refractivity contribution in [3.63, 3.8) is 0 Å². The standard InChI is InChI=1S/C52H30N4/c1-2-13-31(14-3-1)33-17-10-18-35(29-33)48-42-28-27-32-15-4-6-19-36(32)49(42)54-52(53-48)56-44-26-12-22-39-41-24-11-23-40-38-21-8-9-25-43(38)55(50(40)41)45-30-34-16-5-7-20-37(34)51(56)47(45)46(39)44/h1-30H. The lowest BCUT2D eigenvalue weighted by Gasteiger charge is -2.15. The number of aromatic nitrogens is 4. The first-order valence-corrected chi connectivity index (χ1v) is 19.2. The van der Waals surface area contributed by atoms with Crippen molar-refractivity contribution in [2.45, 2.75) is 0 Å². The summed E-state index contributed by atoms with van der Waals surface area (Å²) in [5.41, 5.74) is 11.1. The first-order chi connectivity index (χ1) is 27.8. The lowest BCUT2D eigenvalue weighted by atomic mass is 9.98. The van der Waals surface area contributed by atoms with E-state index in [9.17, 15) is 0 Å². The third kappa shape index (κ3) is 3.92. The van der Waals surface area contributed by atoms with Crippen LogP contribution in [0.25, 0.3) is 121 Å². The Morgan fingerprint density at radius 1 is 0.339 bits per heavy atom. The number of hydrogen-bond donors (Lipinski definition) is 0. The molecule has 4 aromatic heterocycles. The molecule has 0 aliphatic heterocycles. The largest absolute Gasteiger partial charge is 0.308 e. The third-order valence-corrected chi connectivity index (χ3v) is 12.0. The summed E-state index contributed by atoms with van der Waals surface area (Å²) in [7, 11) is 0. The number of hydrogen-bond acceptors (Lipinski definition) is 2. The zero-order valence-electron chi connectivity index (χ0n) is 30.1. The maximum Gasteiger partial charge on any atom is 0.235 e. The van der Waals surface area contributed by atoms with E-state index in [1.54, 1.807) is 0 Å². The highest BCUT2D eigenvalue weighted by atomic mass is 15.2. The molecule has 13 rings (SSSR count). The molecule has 258 valence electrons. The van der Waals surface area contributed by atoms with Gasteiger partial charge in [0.1, 0.15) is 0 Å². The second kappa shape index (κ2) is 11.0. The molecule has 0 saturated carbocycles. The van der Waals surface area contributed by atoms with E-state index in [4.69, 9.17) is 9.97 Å². The molecule has 0 aliphatic rings. The van der Waals surface area contributed by atoms with Crippen molar-refractivity contribution >= 4 is 92.3 Å². The van der Waals surface area contributed by atoms with Gasteiger partial charge in [0.25, 0.3) is 0 Å². The fourth-order valence-corrected chi connectivity index (χ4v) is 9.65. The predicted octanol–water partition coefficient (Wildman–Crippen LogP) is 13.5. The lowest BCUT2D eigenvalue weighted by Crippen LogP contribution is -2.04. The Morgan fingerprint density at radius 3 is 1.88 bits per heavy atom. The van der Waals surface area contributed by atoms with Crippen LogP contribution in [0.1, 0.15) is 0 Å². The van der Waals surface area contributed by atoms with Gasteiger partial charge in [0.15, 0.2) is 0 Å². The third-order valence-electron chi connectivity index (χ3n) is 12.0. The Bertz CT molecular complexity index is 3760. The van der Waals surface area contributed by atoms with Gasteiger partial charge in [-0.2, -0.15) is 0 Å². The van der Waals surface area contributed by atoms with E-state index in [2.05, 4.69) is 191 Å². The normalized spacial score (nSPS) is 12.3. The average Bonchev–Trinajstić information content (AvgIpc) is 3.76. The van der Waals surface area contributed by atoms with Crippen LogP contribution in [0.4, 0.5) is 0 Å². The van der Waals surface area contributed by atoms with Crippen LogP contribution in [0.3, 0.4) is 0 Å². The Morgan fingerprint density at radius 2 is 0.982 bits per heavy atom. The first-order valence-electron chi connectivity index (χ1n) is 19.2. The molecule has 13 aromatic rings. The summed E-state index contributed by atoms with van der Waals surface area (Å²) in [4.78, 5) is 11.2. The minimum absolute atomic E-state index is 0.657. The van der Waals surface area contributed by atoms with Crippen molar-refractivity contribution in [2.24, 2.45) is 0 Å². The quantitative estimate of drug-likeness (QED) is 0.171. The molecule has 0 spiro atoms. The highest BCUT2D eigenvalue weighted by Crippen LogP contribution is 2.46. The van der Waals surface area contributed by atoms with Crippen LogP contribution in [0.5, 0.6) is 0 Å². The van der Waals surface area contributed by atoms with Crippen molar-refractivity contribution < 1.29 is 0 Å². The van der Waals surface area contributed by atoms with Crippen molar-refractivity contribution in [1.29, 1.82) is 0 Å². The number of fused-ring (bicyclic) bond motifs is 10. The molecule has 0 radical (unpaired) electrons. The van der Waals surface area contributed by atoms with Gasteiger partial charge in [-0.1, -0.05) is 152 Å². The summed E-state index contributed by atoms with van der Waals surface area (Å²) < 4.78 is 4.86. The summed E-state index contributed by atoms with van der Waals surface area (Å²) in [5.74, 6) is 0.657. The smallest absolute Gasteiger partial charge is 0.235 e. The zero-order chi connectivity index (χ0) is 36.5. The molecule has 56 heavy (non-hydrogen) atoms. The maximum atomic E-state index is 5.63. The van der Waals surface area contributed by atoms with Gasteiger partial charge in [0, 0.05) is 48.7 Å².